The van der Waals surface area contributed by atoms with Gasteiger partial charge in [-0.05, 0) is 72.8 Å². The number of aromatic nitrogens is 4. The Morgan fingerprint density at radius 1 is 0.500 bits per heavy atom. The van der Waals surface area contributed by atoms with Crippen molar-refractivity contribution in [2.75, 3.05) is 0 Å². The van der Waals surface area contributed by atoms with Crippen molar-refractivity contribution in [2.45, 2.75) is 0 Å². The van der Waals surface area contributed by atoms with E-state index in [1.165, 1.54) is 0 Å². The van der Waals surface area contributed by atoms with Gasteiger partial charge in [0.15, 0.2) is 0 Å². The Kier molecular flexibility index (Phi) is 5.53. The van der Waals surface area contributed by atoms with Crippen LogP contribution in [0.4, 0.5) is 0 Å². The summed E-state index contributed by atoms with van der Waals surface area (Å²) in [5.41, 5.74) is 7.86. The second-order valence-corrected chi connectivity index (χ2v) is 5.91. The molecule has 0 saturated heterocycles. The maximum atomic E-state index is 4.63. The Morgan fingerprint density at radius 2 is 0.769 bits per heavy atom. The molecule has 0 aromatic carbocycles. The standard InChI is InChI=1S/C20H14N4.BrH.Sc/c1-2-14-10-16-5-6-18(23-16)12-20-8-7-19(24-20)11-17-4-3-15(22-17)9-13(1)21-14;;/h1-12,21,24H;1H;/q;;+1/p-1. The molecule has 6 heteroatoms. The molecule has 0 atom stereocenters. The second kappa shape index (κ2) is 7.68. The predicted molar refractivity (Wildman–Crippen MR) is 98.9 cm³/mol. The first-order valence-electron chi connectivity index (χ1n) is 7.85. The molecule has 0 radical (unpaired) electrons. The minimum Gasteiger partial charge on any atom is -1.00 e. The smallest absolute Gasteiger partial charge is 1.00 e. The first-order chi connectivity index (χ1) is 11.8. The zero-order chi connectivity index (χ0) is 15.9. The van der Waals surface area contributed by atoms with Crippen molar-refractivity contribution < 1.29 is 42.8 Å². The average Bonchev–Trinajstić information content (AvgIpc) is 3.32. The van der Waals surface area contributed by atoms with Gasteiger partial charge in [-0.2, -0.15) is 0 Å². The number of aromatic amines is 2. The van der Waals surface area contributed by atoms with E-state index >= 15 is 0 Å². The zero-order valence-electron chi connectivity index (χ0n) is 13.8. The maximum Gasteiger partial charge on any atom is 1.00 e. The van der Waals surface area contributed by atoms with Crippen molar-refractivity contribution >= 4 is 46.4 Å². The zero-order valence-corrected chi connectivity index (χ0v) is 17.2. The Morgan fingerprint density at radius 3 is 1.04 bits per heavy atom. The van der Waals surface area contributed by atoms with E-state index in [1.807, 2.05) is 48.6 Å². The number of nitrogens with one attached hydrogen (secondary N) is 2. The summed E-state index contributed by atoms with van der Waals surface area (Å²) in [5, 5.41) is 0. The largest absolute Gasteiger partial charge is 1.00 e. The van der Waals surface area contributed by atoms with Crippen molar-refractivity contribution in [1.29, 1.82) is 0 Å². The Bertz CT molecular complexity index is 996. The normalized spacial score (nSPS) is 11.7. The molecule has 4 nitrogen and oxygen atoms in total. The number of H-pyrrole nitrogens is 2. The fraction of sp³-hybridized carbons (Fsp3) is 0. The monoisotopic (exact) mass is 434 g/mol. The Hall–Kier alpha value is -2.05. The minimum atomic E-state index is 0. The molecule has 2 aliphatic rings. The van der Waals surface area contributed by atoms with Gasteiger partial charge in [0.1, 0.15) is 0 Å². The van der Waals surface area contributed by atoms with E-state index in [0.29, 0.717) is 0 Å². The number of hydrogen-bond donors (Lipinski definition) is 2. The first kappa shape index (κ1) is 18.7. The van der Waals surface area contributed by atoms with Gasteiger partial charge in [-0.15, -0.1) is 0 Å². The molecule has 0 aliphatic carbocycles. The molecule has 0 fully saturated rings. The summed E-state index contributed by atoms with van der Waals surface area (Å²) in [7, 11) is 0. The third kappa shape index (κ3) is 3.86. The molecule has 26 heavy (non-hydrogen) atoms. The van der Waals surface area contributed by atoms with Crippen LogP contribution in [0.2, 0.25) is 0 Å². The van der Waals surface area contributed by atoms with E-state index in [4.69, 9.17) is 0 Å². The second-order valence-electron chi connectivity index (χ2n) is 5.91. The average molecular weight is 435 g/mol. The molecular formula is C20H14BrN4Sc. The summed E-state index contributed by atoms with van der Waals surface area (Å²) < 4.78 is 0. The van der Waals surface area contributed by atoms with Crippen molar-refractivity contribution in [2.24, 2.45) is 0 Å². The molecule has 0 saturated carbocycles. The van der Waals surface area contributed by atoms with Gasteiger partial charge in [-0.25, -0.2) is 9.97 Å². The van der Waals surface area contributed by atoms with Gasteiger partial charge in [0.05, 0.1) is 22.8 Å². The third-order valence-electron chi connectivity index (χ3n) is 4.04. The van der Waals surface area contributed by atoms with Crippen LogP contribution in [0.25, 0.3) is 46.4 Å². The molecular weight excluding hydrogens is 421 g/mol. The number of hydrogen-bond acceptors (Lipinski definition) is 2. The van der Waals surface area contributed by atoms with E-state index in [2.05, 4.69) is 44.2 Å². The molecule has 2 aliphatic heterocycles. The molecule has 0 unspecified atom stereocenters. The number of halogens is 1. The van der Waals surface area contributed by atoms with Crippen LogP contribution in [0, 0.1) is 0 Å². The van der Waals surface area contributed by atoms with Crippen LogP contribution in [0.5, 0.6) is 0 Å². The summed E-state index contributed by atoms with van der Waals surface area (Å²) in [6.45, 7) is 0. The fourth-order valence-corrected chi connectivity index (χ4v) is 2.94. The first-order valence-corrected chi connectivity index (χ1v) is 7.85. The van der Waals surface area contributed by atoms with E-state index in [-0.39, 0.29) is 42.8 Å². The van der Waals surface area contributed by atoms with Crippen LogP contribution >= 0.6 is 0 Å². The van der Waals surface area contributed by atoms with Crippen LogP contribution in [-0.4, -0.2) is 19.9 Å². The van der Waals surface area contributed by atoms with Gasteiger partial charge in [-0.1, -0.05) is 0 Å². The minimum absolute atomic E-state index is 0. The molecule has 5 rings (SSSR count). The fourth-order valence-electron chi connectivity index (χ4n) is 2.94. The van der Waals surface area contributed by atoms with Crippen LogP contribution in [0.1, 0.15) is 22.8 Å². The predicted octanol–water partition coefficient (Wildman–Crippen LogP) is 1.66. The van der Waals surface area contributed by atoms with Crippen molar-refractivity contribution in [3.63, 3.8) is 0 Å². The van der Waals surface area contributed by atoms with Crippen LogP contribution < -0.4 is 17.0 Å². The van der Waals surface area contributed by atoms with Gasteiger partial charge < -0.3 is 26.9 Å². The van der Waals surface area contributed by atoms with Gasteiger partial charge in [0.2, 0.25) is 0 Å². The third-order valence-corrected chi connectivity index (χ3v) is 4.04. The Balaban J connectivity index is 0.000000980. The van der Waals surface area contributed by atoms with Crippen molar-refractivity contribution in [1.82, 2.24) is 19.9 Å². The maximum absolute atomic E-state index is 4.63. The van der Waals surface area contributed by atoms with E-state index < -0.39 is 0 Å². The topological polar surface area (TPSA) is 57.4 Å². The number of rotatable bonds is 0. The molecule has 3 aromatic heterocycles. The van der Waals surface area contributed by atoms with Crippen LogP contribution in [0.3, 0.4) is 0 Å². The number of nitrogens with zero attached hydrogens (tertiary/aromatic N) is 2. The summed E-state index contributed by atoms with van der Waals surface area (Å²) in [5.74, 6) is 0. The number of fused-ring (bicyclic) bond motifs is 8. The molecule has 124 valence electrons. The van der Waals surface area contributed by atoms with E-state index in [9.17, 15) is 0 Å². The SMILES string of the molecule is C1=Cc2cc3ccc(cc4nc(cc5ccc(cc1n2)[nH]5)C=C4)[nH]3.[Br-].[Sc+]. The van der Waals surface area contributed by atoms with Gasteiger partial charge in [-0.3, -0.25) is 0 Å². The summed E-state index contributed by atoms with van der Waals surface area (Å²) in [6, 6.07) is 16.4. The molecule has 0 amide bonds. The molecule has 0 spiro atoms. The summed E-state index contributed by atoms with van der Waals surface area (Å²) in [6.07, 6.45) is 8.09. The molecule has 3 aromatic rings. The van der Waals surface area contributed by atoms with Crippen molar-refractivity contribution in [3.05, 3.63) is 71.3 Å². The van der Waals surface area contributed by atoms with Gasteiger partial charge >= 0.3 is 25.8 Å². The van der Waals surface area contributed by atoms with E-state index in [1.54, 1.807) is 0 Å². The Labute approximate surface area is 179 Å². The van der Waals surface area contributed by atoms with Gasteiger partial charge in [0, 0.05) is 22.1 Å². The summed E-state index contributed by atoms with van der Waals surface area (Å²) >= 11 is 0. The van der Waals surface area contributed by atoms with Gasteiger partial charge in [0.25, 0.3) is 0 Å². The molecule has 5 heterocycles. The van der Waals surface area contributed by atoms with Crippen LogP contribution in [0.15, 0.2) is 48.5 Å². The quantitative estimate of drug-likeness (QED) is 0.389. The summed E-state index contributed by atoms with van der Waals surface area (Å²) in [4.78, 5) is 16.0. The van der Waals surface area contributed by atoms with E-state index in [0.717, 1.165) is 44.8 Å². The van der Waals surface area contributed by atoms with Crippen molar-refractivity contribution in [3.8, 4) is 0 Å². The molecule has 2 N–H and O–H groups in total. The molecule has 8 bridgehead atoms. The van der Waals surface area contributed by atoms with Crippen LogP contribution in [-0.2, 0) is 25.8 Å².